The van der Waals surface area contributed by atoms with Gasteiger partial charge in [0.25, 0.3) is 0 Å². The second-order valence-corrected chi connectivity index (χ2v) is 7.09. The van der Waals surface area contributed by atoms with E-state index in [1.165, 1.54) is 0 Å². The minimum atomic E-state index is -0.130. The van der Waals surface area contributed by atoms with Crippen LogP contribution in [0.15, 0.2) is 18.2 Å². The highest BCUT2D eigenvalue weighted by molar-refractivity contribution is 5.93. The van der Waals surface area contributed by atoms with Crippen molar-refractivity contribution in [2.75, 3.05) is 38.7 Å². The lowest BCUT2D eigenvalue weighted by Crippen LogP contribution is -2.57. The van der Waals surface area contributed by atoms with Gasteiger partial charge in [-0.25, -0.2) is 0 Å². The Kier molecular flexibility index (Phi) is 5.23. The Bertz CT molecular complexity index is 596. The topological polar surface area (TPSA) is 50.8 Å². The fourth-order valence-corrected chi connectivity index (χ4v) is 3.87. The molecule has 2 aliphatic heterocycles. The first-order chi connectivity index (χ1) is 11.5. The van der Waals surface area contributed by atoms with Gasteiger partial charge in [-0.15, -0.1) is 0 Å². The average Bonchev–Trinajstić information content (AvgIpc) is 3.02. The molecule has 132 valence electrons. The van der Waals surface area contributed by atoms with Crippen molar-refractivity contribution in [3.8, 4) is 0 Å². The summed E-state index contributed by atoms with van der Waals surface area (Å²) in [6, 6.07) is 6.11. The Morgan fingerprint density at radius 2 is 2.25 bits per heavy atom. The predicted octanol–water partition coefficient (Wildman–Crippen LogP) is 2.51. The van der Waals surface area contributed by atoms with E-state index in [0.29, 0.717) is 6.54 Å². The maximum absolute atomic E-state index is 12.4. The molecule has 2 aliphatic rings. The zero-order chi connectivity index (χ0) is 17.2. The highest BCUT2D eigenvalue weighted by Gasteiger charge is 2.46. The van der Waals surface area contributed by atoms with Crippen molar-refractivity contribution in [1.29, 1.82) is 0 Å². The molecule has 5 nitrogen and oxygen atoms in total. The van der Waals surface area contributed by atoms with E-state index in [1.807, 2.05) is 26.0 Å². The van der Waals surface area contributed by atoms with Gasteiger partial charge >= 0.3 is 0 Å². The molecule has 2 atom stereocenters. The van der Waals surface area contributed by atoms with Crippen LogP contribution in [0.1, 0.15) is 30.4 Å². The first-order valence-electron chi connectivity index (χ1n) is 8.79. The summed E-state index contributed by atoms with van der Waals surface area (Å²) in [6.07, 6.45) is 3.14. The van der Waals surface area contributed by atoms with Gasteiger partial charge in [-0.05, 0) is 50.3 Å². The third kappa shape index (κ3) is 3.63. The van der Waals surface area contributed by atoms with Crippen LogP contribution in [0, 0.1) is 13.8 Å². The van der Waals surface area contributed by atoms with Gasteiger partial charge in [-0.3, -0.25) is 9.69 Å². The second-order valence-electron chi connectivity index (χ2n) is 7.09. The summed E-state index contributed by atoms with van der Waals surface area (Å²) in [6.45, 7) is 6.88. The Hall–Kier alpha value is -1.43. The molecule has 1 amide bonds. The van der Waals surface area contributed by atoms with Crippen LogP contribution in [0.25, 0.3) is 0 Å². The van der Waals surface area contributed by atoms with Gasteiger partial charge in [-0.2, -0.15) is 0 Å². The molecule has 0 aliphatic carbocycles. The molecule has 3 rings (SSSR count). The summed E-state index contributed by atoms with van der Waals surface area (Å²) >= 11 is 0. The van der Waals surface area contributed by atoms with Crippen LogP contribution in [0.5, 0.6) is 0 Å². The summed E-state index contributed by atoms with van der Waals surface area (Å²) in [5.74, 6) is 0.0295. The number of nitrogens with one attached hydrogen (secondary N) is 1. The predicted molar refractivity (Wildman–Crippen MR) is 94.3 cm³/mol. The van der Waals surface area contributed by atoms with E-state index in [2.05, 4.69) is 16.3 Å². The Balaban J connectivity index is 1.58. The molecule has 5 heteroatoms. The second kappa shape index (κ2) is 7.21. The van der Waals surface area contributed by atoms with Gasteiger partial charge in [0, 0.05) is 32.5 Å². The zero-order valence-electron chi connectivity index (χ0n) is 14.9. The fourth-order valence-electron chi connectivity index (χ4n) is 3.87. The highest BCUT2D eigenvalue weighted by Crippen LogP contribution is 2.37. The Labute approximate surface area is 144 Å². The molecule has 1 aromatic rings. The number of carbonyl (C=O) groups is 1. The number of aryl methyl sites for hydroxylation is 2. The summed E-state index contributed by atoms with van der Waals surface area (Å²) < 4.78 is 11.7. The number of piperidine rings is 1. The SMILES string of the molecule is CO[C@H]1CN(CC(=O)Nc2cc(C)ccc2C)CC[C@]12CCCO2. The number of carbonyl (C=O) groups excluding carboxylic acids is 1. The number of hydrogen-bond donors (Lipinski definition) is 1. The van der Waals surface area contributed by atoms with E-state index >= 15 is 0 Å². The normalized spacial score (nSPS) is 27.5. The largest absolute Gasteiger partial charge is 0.377 e. The average molecular weight is 332 g/mol. The van der Waals surface area contributed by atoms with Gasteiger partial charge in [0.15, 0.2) is 0 Å². The molecular weight excluding hydrogens is 304 g/mol. The van der Waals surface area contributed by atoms with Crippen LogP contribution in [-0.2, 0) is 14.3 Å². The van der Waals surface area contributed by atoms with Crippen LogP contribution in [0.3, 0.4) is 0 Å². The maximum atomic E-state index is 12.4. The molecule has 24 heavy (non-hydrogen) atoms. The molecule has 0 unspecified atom stereocenters. The molecule has 0 aromatic heterocycles. The van der Waals surface area contributed by atoms with E-state index in [0.717, 1.165) is 55.8 Å². The van der Waals surface area contributed by atoms with Crippen LogP contribution < -0.4 is 5.32 Å². The lowest BCUT2D eigenvalue weighted by atomic mass is 9.86. The third-order valence-corrected chi connectivity index (χ3v) is 5.31. The van der Waals surface area contributed by atoms with Crippen LogP contribution in [-0.4, -0.2) is 55.9 Å². The van der Waals surface area contributed by atoms with Crippen molar-refractivity contribution in [3.63, 3.8) is 0 Å². The summed E-state index contributed by atoms with van der Waals surface area (Å²) in [5, 5.41) is 3.04. The summed E-state index contributed by atoms with van der Waals surface area (Å²) in [4.78, 5) is 14.6. The van der Waals surface area contributed by atoms with Crippen molar-refractivity contribution in [2.24, 2.45) is 0 Å². The minimum absolute atomic E-state index is 0.0295. The number of nitrogens with zero attached hydrogens (tertiary/aromatic N) is 1. The van der Waals surface area contributed by atoms with Crippen molar-refractivity contribution >= 4 is 11.6 Å². The minimum Gasteiger partial charge on any atom is -0.377 e. The van der Waals surface area contributed by atoms with Crippen LogP contribution in [0.4, 0.5) is 5.69 Å². The summed E-state index contributed by atoms with van der Waals surface area (Å²) in [5.41, 5.74) is 3.00. The molecule has 1 spiro atoms. The van der Waals surface area contributed by atoms with E-state index < -0.39 is 0 Å². The number of rotatable bonds is 4. The zero-order valence-corrected chi connectivity index (χ0v) is 14.9. The van der Waals surface area contributed by atoms with Gasteiger partial charge in [0.1, 0.15) is 0 Å². The quantitative estimate of drug-likeness (QED) is 0.920. The molecule has 1 N–H and O–H groups in total. The molecule has 0 radical (unpaired) electrons. The summed E-state index contributed by atoms with van der Waals surface area (Å²) in [7, 11) is 1.74. The molecule has 2 fully saturated rings. The molecule has 1 aromatic carbocycles. The van der Waals surface area contributed by atoms with E-state index in [1.54, 1.807) is 7.11 Å². The van der Waals surface area contributed by atoms with Crippen molar-refractivity contribution in [1.82, 2.24) is 4.90 Å². The number of anilines is 1. The monoisotopic (exact) mass is 332 g/mol. The third-order valence-electron chi connectivity index (χ3n) is 5.31. The lowest BCUT2D eigenvalue weighted by molar-refractivity contribution is -0.145. The van der Waals surface area contributed by atoms with Crippen molar-refractivity contribution in [2.45, 2.75) is 44.8 Å². The van der Waals surface area contributed by atoms with Crippen molar-refractivity contribution in [3.05, 3.63) is 29.3 Å². The first kappa shape index (κ1) is 17.4. The van der Waals surface area contributed by atoms with E-state index in [-0.39, 0.29) is 17.6 Å². The first-order valence-corrected chi connectivity index (χ1v) is 8.79. The van der Waals surface area contributed by atoms with E-state index in [4.69, 9.17) is 9.47 Å². The molecule has 0 bridgehead atoms. The number of likely N-dealkylation sites (tertiary alicyclic amines) is 1. The number of ether oxygens (including phenoxy) is 2. The molecule has 2 heterocycles. The van der Waals surface area contributed by atoms with Gasteiger partial charge in [0.2, 0.25) is 5.91 Å². The number of hydrogen-bond acceptors (Lipinski definition) is 4. The van der Waals surface area contributed by atoms with Crippen molar-refractivity contribution < 1.29 is 14.3 Å². The fraction of sp³-hybridized carbons (Fsp3) is 0.632. The van der Waals surface area contributed by atoms with Gasteiger partial charge < -0.3 is 14.8 Å². The van der Waals surface area contributed by atoms with Crippen LogP contribution in [0.2, 0.25) is 0 Å². The highest BCUT2D eigenvalue weighted by atomic mass is 16.5. The molecule has 2 saturated heterocycles. The van der Waals surface area contributed by atoms with Gasteiger partial charge in [-0.1, -0.05) is 12.1 Å². The molecular formula is C19H28N2O3. The number of methoxy groups -OCH3 is 1. The number of amides is 1. The maximum Gasteiger partial charge on any atom is 0.238 e. The van der Waals surface area contributed by atoms with Gasteiger partial charge in [0.05, 0.1) is 18.2 Å². The van der Waals surface area contributed by atoms with Crippen LogP contribution >= 0.6 is 0 Å². The smallest absolute Gasteiger partial charge is 0.238 e. The van der Waals surface area contributed by atoms with E-state index in [9.17, 15) is 4.79 Å². The Morgan fingerprint density at radius 1 is 1.42 bits per heavy atom. The number of benzene rings is 1. The molecule has 0 saturated carbocycles. The standard InChI is InChI=1S/C19H28N2O3/c1-14-5-6-15(2)16(11-14)20-18(22)13-21-9-8-19(7-4-10-24-19)17(12-21)23-3/h5-6,11,17H,4,7-10,12-13H2,1-3H3,(H,20,22)/t17-,19+/m0/s1. The Morgan fingerprint density at radius 3 is 2.96 bits per heavy atom. The lowest BCUT2D eigenvalue weighted by Gasteiger charge is -2.44.